The van der Waals surface area contributed by atoms with E-state index in [-0.39, 0.29) is 24.4 Å². The highest BCUT2D eigenvalue weighted by Gasteiger charge is 2.07. The zero-order valence-electron chi connectivity index (χ0n) is 12.0. The van der Waals surface area contributed by atoms with Crippen LogP contribution in [-0.2, 0) is 11.3 Å². The van der Waals surface area contributed by atoms with Crippen molar-refractivity contribution in [3.05, 3.63) is 58.0 Å². The second kappa shape index (κ2) is 6.42. The van der Waals surface area contributed by atoms with E-state index in [2.05, 4.69) is 10.3 Å². The summed E-state index contributed by atoms with van der Waals surface area (Å²) < 4.78 is 1.44. The minimum Gasteiger partial charge on any atom is -0.326 e. The summed E-state index contributed by atoms with van der Waals surface area (Å²) in [5.41, 5.74) is 1.01. The maximum absolute atomic E-state index is 12.2. The van der Waals surface area contributed by atoms with E-state index < -0.39 is 0 Å². The van der Waals surface area contributed by atoms with Gasteiger partial charge in [-0.05, 0) is 35.7 Å². The standard InChI is InChI=1S/C16H12N4O2S/c17-9-11-1-3-12(4-2-11)19-14(21)5-7-20-10-18-15-13(16(20)22)6-8-23-15/h1-4,6,8,10H,5,7H2,(H,19,21). The molecular formula is C16H12N4O2S. The third kappa shape index (κ3) is 3.27. The van der Waals surface area contributed by atoms with Gasteiger partial charge >= 0.3 is 0 Å². The van der Waals surface area contributed by atoms with E-state index in [0.717, 1.165) is 0 Å². The van der Waals surface area contributed by atoms with E-state index in [9.17, 15) is 9.59 Å². The molecule has 3 rings (SSSR count). The van der Waals surface area contributed by atoms with E-state index in [0.29, 0.717) is 21.5 Å². The molecule has 0 aliphatic heterocycles. The summed E-state index contributed by atoms with van der Waals surface area (Å²) in [6, 6.07) is 10.4. The van der Waals surface area contributed by atoms with Gasteiger partial charge in [-0.2, -0.15) is 5.26 Å². The molecule has 6 nitrogen and oxygen atoms in total. The summed E-state index contributed by atoms with van der Waals surface area (Å²) in [6.45, 7) is 0.264. The zero-order chi connectivity index (χ0) is 16.2. The molecular weight excluding hydrogens is 312 g/mol. The molecule has 2 heterocycles. The topological polar surface area (TPSA) is 87.8 Å². The first kappa shape index (κ1) is 14.9. The number of thiophene rings is 1. The number of nitriles is 1. The van der Waals surface area contributed by atoms with Crippen LogP contribution in [0.15, 0.2) is 46.8 Å². The smallest absolute Gasteiger partial charge is 0.262 e. The number of aromatic nitrogens is 2. The van der Waals surface area contributed by atoms with Gasteiger partial charge in [0.25, 0.3) is 5.56 Å². The van der Waals surface area contributed by atoms with Crippen molar-refractivity contribution < 1.29 is 4.79 Å². The minimum atomic E-state index is -0.202. The monoisotopic (exact) mass is 324 g/mol. The molecule has 7 heteroatoms. The Bertz CT molecular complexity index is 951. The van der Waals surface area contributed by atoms with Crippen LogP contribution in [0.1, 0.15) is 12.0 Å². The molecule has 1 N–H and O–H groups in total. The van der Waals surface area contributed by atoms with Crippen molar-refractivity contribution in [3.8, 4) is 6.07 Å². The number of rotatable bonds is 4. The molecule has 0 bridgehead atoms. The number of hydrogen-bond acceptors (Lipinski definition) is 5. The Labute approximate surface area is 135 Å². The fourth-order valence-corrected chi connectivity index (χ4v) is 2.85. The Kier molecular flexibility index (Phi) is 4.17. The molecule has 0 atom stereocenters. The summed E-state index contributed by atoms with van der Waals surface area (Å²) in [5.74, 6) is -0.202. The highest BCUT2D eigenvalue weighted by molar-refractivity contribution is 7.16. The number of aryl methyl sites for hydroxylation is 1. The maximum Gasteiger partial charge on any atom is 0.262 e. The van der Waals surface area contributed by atoms with Gasteiger partial charge in [0.1, 0.15) is 4.83 Å². The van der Waals surface area contributed by atoms with Gasteiger partial charge < -0.3 is 5.32 Å². The van der Waals surface area contributed by atoms with Crippen molar-refractivity contribution in [2.24, 2.45) is 0 Å². The molecule has 0 fully saturated rings. The number of nitrogens with zero attached hydrogens (tertiary/aromatic N) is 3. The third-order valence-corrected chi connectivity index (χ3v) is 4.15. The SMILES string of the molecule is N#Cc1ccc(NC(=O)CCn2cnc3sccc3c2=O)cc1. The van der Waals surface area contributed by atoms with Crippen molar-refractivity contribution in [1.29, 1.82) is 5.26 Å². The van der Waals surface area contributed by atoms with Gasteiger partial charge in [-0.3, -0.25) is 14.2 Å². The molecule has 23 heavy (non-hydrogen) atoms. The molecule has 114 valence electrons. The van der Waals surface area contributed by atoms with E-state index in [1.807, 2.05) is 11.4 Å². The zero-order valence-corrected chi connectivity index (χ0v) is 12.8. The molecule has 2 aromatic heterocycles. The third-order valence-electron chi connectivity index (χ3n) is 3.33. The largest absolute Gasteiger partial charge is 0.326 e. The lowest BCUT2D eigenvalue weighted by atomic mass is 10.2. The number of carbonyl (C=O) groups excluding carboxylic acids is 1. The number of benzene rings is 1. The average molecular weight is 324 g/mol. The molecule has 0 aliphatic carbocycles. The summed E-state index contributed by atoms with van der Waals surface area (Å²) in [4.78, 5) is 29.1. The molecule has 0 unspecified atom stereocenters. The summed E-state index contributed by atoms with van der Waals surface area (Å²) in [7, 11) is 0. The van der Waals surface area contributed by atoms with Gasteiger partial charge in [0.15, 0.2) is 0 Å². The van der Waals surface area contributed by atoms with Crippen molar-refractivity contribution >= 4 is 33.1 Å². The summed E-state index contributed by atoms with van der Waals surface area (Å²) in [6.07, 6.45) is 1.63. The highest BCUT2D eigenvalue weighted by Crippen LogP contribution is 2.13. The molecule has 0 aliphatic rings. The Hall–Kier alpha value is -2.98. The van der Waals surface area contributed by atoms with Gasteiger partial charge in [-0.15, -0.1) is 11.3 Å². The van der Waals surface area contributed by atoms with Crippen LogP contribution in [0.25, 0.3) is 10.2 Å². The van der Waals surface area contributed by atoms with E-state index in [1.165, 1.54) is 22.2 Å². The van der Waals surface area contributed by atoms with Crippen LogP contribution in [0.5, 0.6) is 0 Å². The van der Waals surface area contributed by atoms with Crippen LogP contribution >= 0.6 is 11.3 Å². The van der Waals surface area contributed by atoms with Gasteiger partial charge in [0.2, 0.25) is 5.91 Å². The normalized spacial score (nSPS) is 10.4. The lowest BCUT2D eigenvalue weighted by molar-refractivity contribution is -0.116. The quantitative estimate of drug-likeness (QED) is 0.798. The van der Waals surface area contributed by atoms with Crippen molar-refractivity contribution in [2.45, 2.75) is 13.0 Å². The van der Waals surface area contributed by atoms with Gasteiger partial charge in [-0.1, -0.05) is 0 Å². The van der Waals surface area contributed by atoms with Crippen LogP contribution in [0.3, 0.4) is 0 Å². The fraction of sp³-hybridized carbons (Fsp3) is 0.125. The molecule has 3 aromatic rings. The van der Waals surface area contributed by atoms with Crippen LogP contribution in [-0.4, -0.2) is 15.5 Å². The first-order chi connectivity index (χ1) is 11.2. The number of anilines is 1. The second-order valence-electron chi connectivity index (χ2n) is 4.87. The lowest BCUT2D eigenvalue weighted by Crippen LogP contribution is -2.23. The van der Waals surface area contributed by atoms with Crippen LogP contribution in [0.2, 0.25) is 0 Å². The second-order valence-corrected chi connectivity index (χ2v) is 5.76. The predicted molar refractivity (Wildman–Crippen MR) is 88.3 cm³/mol. The Balaban J connectivity index is 1.64. The Morgan fingerprint density at radius 1 is 1.30 bits per heavy atom. The average Bonchev–Trinajstić information content (AvgIpc) is 3.04. The maximum atomic E-state index is 12.2. The molecule has 0 radical (unpaired) electrons. The Morgan fingerprint density at radius 2 is 2.09 bits per heavy atom. The molecule has 1 aromatic carbocycles. The van der Waals surface area contributed by atoms with E-state index in [1.54, 1.807) is 30.3 Å². The number of hydrogen-bond donors (Lipinski definition) is 1. The summed E-state index contributed by atoms with van der Waals surface area (Å²) in [5, 5.41) is 13.9. The van der Waals surface area contributed by atoms with E-state index >= 15 is 0 Å². The number of carbonyl (C=O) groups is 1. The van der Waals surface area contributed by atoms with Crippen LogP contribution in [0.4, 0.5) is 5.69 Å². The lowest BCUT2D eigenvalue weighted by Gasteiger charge is -2.07. The fourth-order valence-electron chi connectivity index (χ4n) is 2.13. The van der Waals surface area contributed by atoms with Crippen LogP contribution < -0.4 is 10.9 Å². The summed E-state index contributed by atoms with van der Waals surface area (Å²) >= 11 is 1.41. The first-order valence-electron chi connectivity index (χ1n) is 6.90. The highest BCUT2D eigenvalue weighted by atomic mass is 32.1. The molecule has 0 saturated heterocycles. The molecule has 0 saturated carbocycles. The first-order valence-corrected chi connectivity index (χ1v) is 7.78. The Morgan fingerprint density at radius 3 is 2.83 bits per heavy atom. The molecule has 1 amide bonds. The van der Waals surface area contributed by atoms with Crippen molar-refractivity contribution in [3.63, 3.8) is 0 Å². The van der Waals surface area contributed by atoms with Gasteiger partial charge in [0.05, 0.1) is 23.3 Å². The minimum absolute atomic E-state index is 0.137. The number of amides is 1. The van der Waals surface area contributed by atoms with Crippen LogP contribution in [0, 0.1) is 11.3 Å². The molecule has 0 spiro atoms. The predicted octanol–water partition coefficient (Wildman–Crippen LogP) is 2.36. The van der Waals surface area contributed by atoms with Gasteiger partial charge in [0, 0.05) is 18.7 Å². The van der Waals surface area contributed by atoms with Gasteiger partial charge in [-0.25, -0.2) is 4.98 Å². The number of fused-ring (bicyclic) bond motifs is 1. The van der Waals surface area contributed by atoms with Crippen molar-refractivity contribution in [1.82, 2.24) is 9.55 Å². The van der Waals surface area contributed by atoms with Crippen molar-refractivity contribution in [2.75, 3.05) is 5.32 Å². The van der Waals surface area contributed by atoms with E-state index in [4.69, 9.17) is 5.26 Å². The number of nitrogens with one attached hydrogen (secondary N) is 1.